The topological polar surface area (TPSA) is 111 Å². The number of H-pyrrole nitrogens is 1. The first-order chi connectivity index (χ1) is 14.6. The van der Waals surface area contributed by atoms with Crippen molar-refractivity contribution in [2.24, 2.45) is 0 Å². The summed E-state index contributed by atoms with van der Waals surface area (Å²) in [5, 5.41) is 0.259. The van der Waals surface area contributed by atoms with Crippen LogP contribution in [0.2, 0.25) is 0 Å². The van der Waals surface area contributed by atoms with Crippen molar-refractivity contribution in [2.45, 2.75) is 19.3 Å². The molecule has 0 spiro atoms. The van der Waals surface area contributed by atoms with Gasteiger partial charge in [0.05, 0.1) is 11.1 Å². The predicted molar refractivity (Wildman–Crippen MR) is 114 cm³/mol. The quantitative estimate of drug-likeness (QED) is 0.542. The number of carbonyl (C=O) groups is 1. The molecule has 0 bridgehead atoms. The SMILES string of the molecule is Nc1nc2nc3c(c(-c4cccc(Oc5ccccc5)c4)c2c(=O)[nH]1)C(=O)CCC3. The van der Waals surface area contributed by atoms with E-state index in [0.29, 0.717) is 46.7 Å². The third-order valence-corrected chi connectivity index (χ3v) is 5.15. The van der Waals surface area contributed by atoms with Gasteiger partial charge in [-0.25, -0.2) is 4.98 Å². The molecule has 2 aromatic carbocycles. The third kappa shape index (κ3) is 3.10. The van der Waals surface area contributed by atoms with Crippen LogP contribution in [0.25, 0.3) is 22.2 Å². The van der Waals surface area contributed by atoms with Crippen molar-refractivity contribution in [2.75, 3.05) is 5.73 Å². The van der Waals surface area contributed by atoms with Crippen molar-refractivity contribution in [3.63, 3.8) is 0 Å². The summed E-state index contributed by atoms with van der Waals surface area (Å²) in [6.07, 6.45) is 1.80. The zero-order chi connectivity index (χ0) is 20.7. The molecular weight excluding hydrogens is 380 g/mol. The van der Waals surface area contributed by atoms with E-state index in [2.05, 4.69) is 15.0 Å². The minimum atomic E-state index is -0.421. The van der Waals surface area contributed by atoms with Gasteiger partial charge in [0.1, 0.15) is 11.5 Å². The first-order valence-corrected chi connectivity index (χ1v) is 9.69. The van der Waals surface area contributed by atoms with Gasteiger partial charge in [-0.2, -0.15) is 4.98 Å². The minimum Gasteiger partial charge on any atom is -0.457 e. The first-order valence-electron chi connectivity index (χ1n) is 9.69. The number of pyridine rings is 1. The van der Waals surface area contributed by atoms with Crippen LogP contribution in [0.4, 0.5) is 5.95 Å². The molecule has 7 nitrogen and oxygen atoms in total. The smallest absolute Gasteiger partial charge is 0.262 e. The zero-order valence-electron chi connectivity index (χ0n) is 16.0. The van der Waals surface area contributed by atoms with E-state index in [-0.39, 0.29) is 22.8 Å². The van der Waals surface area contributed by atoms with Gasteiger partial charge >= 0.3 is 0 Å². The average molecular weight is 398 g/mol. The number of carbonyl (C=O) groups excluding carboxylic acids is 1. The molecule has 1 aliphatic carbocycles. The van der Waals surface area contributed by atoms with E-state index in [1.54, 1.807) is 0 Å². The Morgan fingerprint density at radius 1 is 0.900 bits per heavy atom. The Morgan fingerprint density at radius 2 is 1.70 bits per heavy atom. The number of ether oxygens (including phenoxy) is 1. The normalized spacial score (nSPS) is 13.3. The summed E-state index contributed by atoms with van der Waals surface area (Å²) in [5.41, 5.74) is 7.93. The van der Waals surface area contributed by atoms with Crippen LogP contribution in [-0.2, 0) is 6.42 Å². The van der Waals surface area contributed by atoms with Crippen LogP contribution < -0.4 is 16.0 Å². The van der Waals surface area contributed by atoms with Crippen molar-refractivity contribution in [1.82, 2.24) is 15.0 Å². The number of anilines is 1. The van der Waals surface area contributed by atoms with E-state index >= 15 is 0 Å². The van der Waals surface area contributed by atoms with Crippen LogP contribution in [0.15, 0.2) is 59.4 Å². The molecule has 7 heteroatoms. The molecule has 0 radical (unpaired) electrons. The molecule has 2 aromatic heterocycles. The Balaban J connectivity index is 1.76. The van der Waals surface area contributed by atoms with E-state index in [1.807, 2.05) is 54.6 Å². The van der Waals surface area contributed by atoms with E-state index < -0.39 is 5.56 Å². The van der Waals surface area contributed by atoms with Gasteiger partial charge in [0.25, 0.3) is 5.56 Å². The highest BCUT2D eigenvalue weighted by molar-refractivity contribution is 6.10. The van der Waals surface area contributed by atoms with Crippen LogP contribution >= 0.6 is 0 Å². The summed E-state index contributed by atoms with van der Waals surface area (Å²) >= 11 is 0. The molecule has 0 atom stereocenters. The largest absolute Gasteiger partial charge is 0.457 e. The van der Waals surface area contributed by atoms with Gasteiger partial charge in [0.2, 0.25) is 5.95 Å². The second-order valence-corrected chi connectivity index (χ2v) is 7.18. The number of benzene rings is 2. The van der Waals surface area contributed by atoms with Crippen LogP contribution in [0.3, 0.4) is 0 Å². The number of hydrogen-bond acceptors (Lipinski definition) is 6. The van der Waals surface area contributed by atoms with Crippen LogP contribution in [0.5, 0.6) is 11.5 Å². The van der Waals surface area contributed by atoms with Crippen molar-refractivity contribution in [3.05, 3.63) is 76.2 Å². The number of Topliss-reactive ketones (excluding diaryl/α,β-unsaturated/α-hetero) is 1. The number of nitrogens with two attached hydrogens (primary N) is 1. The highest BCUT2D eigenvalue weighted by atomic mass is 16.5. The Morgan fingerprint density at radius 3 is 2.53 bits per heavy atom. The number of fused-ring (bicyclic) bond motifs is 2. The number of ketones is 1. The molecule has 0 unspecified atom stereocenters. The first kappa shape index (κ1) is 18.1. The van der Waals surface area contributed by atoms with Crippen molar-refractivity contribution in [3.8, 4) is 22.6 Å². The van der Waals surface area contributed by atoms with Gasteiger partial charge in [0, 0.05) is 17.5 Å². The van der Waals surface area contributed by atoms with E-state index in [1.165, 1.54) is 0 Å². The molecule has 0 saturated carbocycles. The molecule has 1 aliphatic rings. The Hall–Kier alpha value is -4.00. The summed E-state index contributed by atoms with van der Waals surface area (Å²) < 4.78 is 5.95. The van der Waals surface area contributed by atoms with Crippen LogP contribution in [-0.4, -0.2) is 20.7 Å². The fourth-order valence-corrected chi connectivity index (χ4v) is 3.89. The van der Waals surface area contributed by atoms with Crippen molar-refractivity contribution >= 4 is 22.8 Å². The maximum absolute atomic E-state index is 12.8. The summed E-state index contributed by atoms with van der Waals surface area (Å²) in [6.45, 7) is 0. The van der Waals surface area contributed by atoms with Crippen molar-refractivity contribution in [1.29, 1.82) is 0 Å². The molecule has 148 valence electrons. The van der Waals surface area contributed by atoms with Gasteiger partial charge < -0.3 is 10.5 Å². The van der Waals surface area contributed by atoms with Crippen LogP contribution in [0, 0.1) is 0 Å². The van der Waals surface area contributed by atoms with E-state index in [4.69, 9.17) is 10.5 Å². The number of nitrogens with one attached hydrogen (secondary N) is 1. The van der Waals surface area contributed by atoms with Gasteiger partial charge in [-0.05, 0) is 42.7 Å². The van der Waals surface area contributed by atoms with Crippen LogP contribution in [0.1, 0.15) is 28.9 Å². The van der Waals surface area contributed by atoms with E-state index in [0.717, 1.165) is 6.42 Å². The fourth-order valence-electron chi connectivity index (χ4n) is 3.89. The van der Waals surface area contributed by atoms with Gasteiger partial charge in [-0.1, -0.05) is 30.3 Å². The number of rotatable bonds is 3. The Kier molecular flexibility index (Phi) is 4.28. The number of nitrogens with zero attached hydrogens (tertiary/aromatic N) is 2. The number of aromatic amines is 1. The van der Waals surface area contributed by atoms with Gasteiger partial charge in [-0.15, -0.1) is 0 Å². The average Bonchev–Trinajstić information content (AvgIpc) is 2.73. The summed E-state index contributed by atoms with van der Waals surface area (Å²) in [4.78, 5) is 36.9. The monoisotopic (exact) mass is 398 g/mol. The fraction of sp³-hybridized carbons (Fsp3) is 0.130. The number of nitrogen functional groups attached to an aromatic ring is 1. The van der Waals surface area contributed by atoms with Gasteiger partial charge in [0.15, 0.2) is 11.4 Å². The number of para-hydroxylation sites is 1. The summed E-state index contributed by atoms with van der Waals surface area (Å²) in [5.74, 6) is 1.26. The highest BCUT2D eigenvalue weighted by Crippen LogP contribution is 2.36. The molecule has 0 fully saturated rings. The maximum atomic E-state index is 12.8. The van der Waals surface area contributed by atoms with Gasteiger partial charge in [-0.3, -0.25) is 14.6 Å². The Labute approximate surface area is 171 Å². The number of aromatic nitrogens is 3. The molecule has 0 saturated heterocycles. The minimum absolute atomic E-state index is 0.00537. The molecule has 0 amide bonds. The molecule has 30 heavy (non-hydrogen) atoms. The third-order valence-electron chi connectivity index (χ3n) is 5.15. The predicted octanol–water partition coefficient (Wildman–Crippen LogP) is 3.88. The Bertz CT molecular complexity index is 1350. The molecular formula is C23H18N4O3. The van der Waals surface area contributed by atoms with E-state index in [9.17, 15) is 9.59 Å². The lowest BCUT2D eigenvalue weighted by atomic mass is 9.86. The highest BCUT2D eigenvalue weighted by Gasteiger charge is 2.27. The molecule has 5 rings (SSSR count). The second-order valence-electron chi connectivity index (χ2n) is 7.18. The molecule has 3 N–H and O–H groups in total. The second kappa shape index (κ2) is 7.11. The maximum Gasteiger partial charge on any atom is 0.262 e. The number of aryl methyl sites for hydroxylation is 1. The lowest BCUT2D eigenvalue weighted by Crippen LogP contribution is -2.20. The van der Waals surface area contributed by atoms with Crippen molar-refractivity contribution < 1.29 is 9.53 Å². The lowest BCUT2D eigenvalue weighted by Gasteiger charge is -2.19. The summed E-state index contributed by atoms with van der Waals surface area (Å²) in [6, 6.07) is 16.7. The molecule has 0 aliphatic heterocycles. The standard InChI is InChI=1S/C23H18N4O3/c24-23-26-21-20(22(29)27-23)18(19-16(25-21)10-5-11-17(19)28)13-6-4-9-15(12-13)30-14-7-2-1-3-8-14/h1-4,6-9,12H,5,10-11H2,(H3,24,25,26,27,29). The number of hydrogen-bond donors (Lipinski definition) is 2. The summed E-state index contributed by atoms with van der Waals surface area (Å²) in [7, 11) is 0. The lowest BCUT2D eigenvalue weighted by molar-refractivity contribution is 0.0972. The molecule has 4 aromatic rings. The zero-order valence-corrected chi connectivity index (χ0v) is 16.0. The molecule has 2 heterocycles.